The van der Waals surface area contributed by atoms with E-state index in [1.165, 1.54) is 5.54 Å². The highest BCUT2D eigenvalue weighted by Gasteiger charge is 2.14. The van der Waals surface area contributed by atoms with Crippen molar-refractivity contribution in [1.29, 1.82) is 0 Å². The standard InChI is InChI=1S/C12H15Cl2NO3/c1-16-10-3-8(6-15)4-11(17-2)12(10)18-7-9(14)5-13/h3-5H,6-7,15H2,1-2H3. The van der Waals surface area contributed by atoms with Gasteiger partial charge in [-0.3, -0.25) is 0 Å². The zero-order chi connectivity index (χ0) is 13.5. The average molecular weight is 292 g/mol. The molecule has 0 unspecified atom stereocenters. The molecule has 0 amide bonds. The molecule has 1 aromatic carbocycles. The first kappa shape index (κ1) is 15.0. The molecule has 0 spiro atoms. The molecule has 0 aliphatic heterocycles. The molecular formula is C12H15Cl2NO3. The zero-order valence-electron chi connectivity index (χ0n) is 10.2. The van der Waals surface area contributed by atoms with Crippen molar-refractivity contribution in [2.75, 3.05) is 20.8 Å². The number of benzene rings is 1. The van der Waals surface area contributed by atoms with Crippen LogP contribution in [0.2, 0.25) is 0 Å². The Bertz CT molecular complexity index is 410. The average Bonchev–Trinajstić information content (AvgIpc) is 2.43. The Morgan fingerprint density at radius 3 is 2.22 bits per heavy atom. The fraction of sp³-hybridized carbons (Fsp3) is 0.333. The van der Waals surface area contributed by atoms with Gasteiger partial charge < -0.3 is 19.9 Å². The van der Waals surface area contributed by atoms with Crippen LogP contribution < -0.4 is 19.9 Å². The van der Waals surface area contributed by atoms with E-state index in [4.69, 9.17) is 43.1 Å². The number of rotatable bonds is 6. The summed E-state index contributed by atoms with van der Waals surface area (Å²) < 4.78 is 16.0. The monoisotopic (exact) mass is 291 g/mol. The lowest BCUT2D eigenvalue weighted by atomic mass is 10.2. The number of nitrogens with two attached hydrogens (primary N) is 1. The van der Waals surface area contributed by atoms with Crippen LogP contribution in [0, 0.1) is 0 Å². The van der Waals surface area contributed by atoms with Gasteiger partial charge in [-0.15, -0.1) is 0 Å². The SMILES string of the molecule is COc1cc(CN)cc(OC)c1OCC(Cl)=CCl. The summed E-state index contributed by atoms with van der Waals surface area (Å²) in [4.78, 5) is 0. The molecule has 0 saturated heterocycles. The molecule has 0 saturated carbocycles. The molecule has 0 atom stereocenters. The van der Waals surface area contributed by atoms with E-state index in [0.29, 0.717) is 28.8 Å². The highest BCUT2D eigenvalue weighted by atomic mass is 35.5. The van der Waals surface area contributed by atoms with Crippen molar-refractivity contribution in [3.05, 3.63) is 28.3 Å². The second-order valence-corrected chi connectivity index (χ2v) is 4.08. The lowest BCUT2D eigenvalue weighted by Crippen LogP contribution is -2.04. The topological polar surface area (TPSA) is 53.7 Å². The number of halogens is 2. The first-order valence-electron chi connectivity index (χ1n) is 5.18. The van der Waals surface area contributed by atoms with Crippen LogP contribution in [0.3, 0.4) is 0 Å². The summed E-state index contributed by atoms with van der Waals surface area (Å²) in [6.45, 7) is 0.523. The molecule has 1 aromatic rings. The largest absolute Gasteiger partial charge is 0.493 e. The third-order valence-corrected chi connectivity index (χ3v) is 2.82. The third-order valence-electron chi connectivity index (χ3n) is 2.23. The molecule has 6 heteroatoms. The molecule has 18 heavy (non-hydrogen) atoms. The van der Waals surface area contributed by atoms with E-state index < -0.39 is 0 Å². The molecule has 0 bridgehead atoms. The summed E-state index contributed by atoms with van der Waals surface area (Å²) in [6, 6.07) is 3.58. The molecule has 4 nitrogen and oxygen atoms in total. The van der Waals surface area contributed by atoms with Crippen LogP contribution in [0.1, 0.15) is 5.56 Å². The second-order valence-electron chi connectivity index (χ2n) is 3.38. The Hall–Kier alpha value is -1.10. The predicted octanol–water partition coefficient (Wildman–Crippen LogP) is 2.86. The summed E-state index contributed by atoms with van der Waals surface area (Å²) in [5.74, 6) is 1.54. The highest BCUT2D eigenvalue weighted by molar-refractivity contribution is 6.36. The van der Waals surface area contributed by atoms with Crippen LogP contribution >= 0.6 is 23.2 Å². The lowest BCUT2D eigenvalue weighted by molar-refractivity contribution is 0.298. The predicted molar refractivity (Wildman–Crippen MR) is 72.7 cm³/mol. The van der Waals surface area contributed by atoms with Crippen LogP contribution in [-0.2, 0) is 6.54 Å². The van der Waals surface area contributed by atoms with E-state index in [9.17, 15) is 0 Å². The lowest BCUT2D eigenvalue weighted by Gasteiger charge is -2.15. The molecule has 0 aliphatic carbocycles. The Morgan fingerprint density at radius 1 is 1.28 bits per heavy atom. The van der Waals surface area contributed by atoms with Gasteiger partial charge in [-0.25, -0.2) is 0 Å². The van der Waals surface area contributed by atoms with E-state index in [2.05, 4.69) is 0 Å². The minimum atomic E-state index is 0.139. The summed E-state index contributed by atoms with van der Waals surface area (Å²) in [7, 11) is 3.09. The van der Waals surface area contributed by atoms with Gasteiger partial charge in [0.15, 0.2) is 11.5 Å². The molecule has 2 N–H and O–H groups in total. The van der Waals surface area contributed by atoms with Crippen molar-refractivity contribution in [1.82, 2.24) is 0 Å². The molecule has 0 aromatic heterocycles. The molecule has 0 aliphatic rings. The quantitative estimate of drug-likeness (QED) is 0.876. The Morgan fingerprint density at radius 2 is 1.83 bits per heavy atom. The van der Waals surface area contributed by atoms with E-state index in [1.54, 1.807) is 26.4 Å². The van der Waals surface area contributed by atoms with Crippen molar-refractivity contribution >= 4 is 23.2 Å². The minimum absolute atomic E-state index is 0.139. The van der Waals surface area contributed by atoms with Crippen LogP contribution in [-0.4, -0.2) is 20.8 Å². The Labute approximate surface area is 116 Å². The Balaban J connectivity index is 3.06. The van der Waals surface area contributed by atoms with Gasteiger partial charge in [0.1, 0.15) is 6.61 Å². The van der Waals surface area contributed by atoms with Gasteiger partial charge in [-0.2, -0.15) is 0 Å². The van der Waals surface area contributed by atoms with Gasteiger partial charge in [0.25, 0.3) is 0 Å². The van der Waals surface area contributed by atoms with E-state index in [-0.39, 0.29) is 6.61 Å². The van der Waals surface area contributed by atoms with Gasteiger partial charge in [0.2, 0.25) is 5.75 Å². The van der Waals surface area contributed by atoms with Gasteiger partial charge in [-0.1, -0.05) is 23.2 Å². The fourth-order valence-corrected chi connectivity index (χ4v) is 1.48. The van der Waals surface area contributed by atoms with Crippen molar-refractivity contribution < 1.29 is 14.2 Å². The maximum absolute atomic E-state index is 5.77. The third kappa shape index (κ3) is 3.70. The van der Waals surface area contributed by atoms with Gasteiger partial charge >= 0.3 is 0 Å². The first-order chi connectivity index (χ1) is 8.65. The Kier molecular flexibility index (Phi) is 6.12. The maximum Gasteiger partial charge on any atom is 0.203 e. The number of ether oxygens (including phenoxy) is 3. The van der Waals surface area contributed by atoms with Gasteiger partial charge in [0.05, 0.1) is 19.3 Å². The van der Waals surface area contributed by atoms with Crippen molar-refractivity contribution in [3.63, 3.8) is 0 Å². The molecule has 0 radical (unpaired) electrons. The number of hydrogen-bond donors (Lipinski definition) is 1. The summed E-state index contributed by atoms with van der Waals surface area (Å²) in [5, 5.41) is 0.378. The highest BCUT2D eigenvalue weighted by Crippen LogP contribution is 2.38. The summed E-state index contributed by atoms with van der Waals surface area (Å²) >= 11 is 11.2. The first-order valence-corrected chi connectivity index (χ1v) is 6.00. The normalized spacial score (nSPS) is 11.3. The molecule has 0 heterocycles. The van der Waals surface area contributed by atoms with Crippen LogP contribution in [0.15, 0.2) is 22.7 Å². The van der Waals surface area contributed by atoms with Crippen molar-refractivity contribution in [2.45, 2.75) is 6.54 Å². The second kappa shape index (κ2) is 7.36. The molecule has 1 rings (SSSR count). The van der Waals surface area contributed by atoms with E-state index in [1.807, 2.05) is 0 Å². The van der Waals surface area contributed by atoms with Crippen LogP contribution in [0.5, 0.6) is 17.2 Å². The number of hydrogen-bond acceptors (Lipinski definition) is 4. The van der Waals surface area contributed by atoms with Crippen LogP contribution in [0.25, 0.3) is 0 Å². The zero-order valence-corrected chi connectivity index (χ0v) is 11.7. The smallest absolute Gasteiger partial charge is 0.203 e. The van der Waals surface area contributed by atoms with Gasteiger partial charge in [0, 0.05) is 12.1 Å². The van der Waals surface area contributed by atoms with E-state index in [0.717, 1.165) is 5.56 Å². The van der Waals surface area contributed by atoms with Crippen LogP contribution in [0.4, 0.5) is 0 Å². The van der Waals surface area contributed by atoms with Crippen molar-refractivity contribution in [3.8, 4) is 17.2 Å². The molecule has 0 fully saturated rings. The summed E-state index contributed by atoms with van der Waals surface area (Å²) in [5.41, 5.74) is 7.72. The number of methoxy groups -OCH3 is 2. The van der Waals surface area contributed by atoms with E-state index >= 15 is 0 Å². The van der Waals surface area contributed by atoms with Crippen molar-refractivity contribution in [2.24, 2.45) is 5.73 Å². The minimum Gasteiger partial charge on any atom is -0.493 e. The maximum atomic E-state index is 5.77. The fourth-order valence-electron chi connectivity index (χ4n) is 1.37. The molecular weight excluding hydrogens is 277 g/mol. The van der Waals surface area contributed by atoms with Gasteiger partial charge in [-0.05, 0) is 17.7 Å². The molecule has 100 valence electrons. The summed E-state index contributed by atoms with van der Waals surface area (Å²) in [6.07, 6.45) is 0.